The van der Waals surface area contributed by atoms with Crippen molar-refractivity contribution in [3.63, 3.8) is 0 Å². The van der Waals surface area contributed by atoms with E-state index in [1.54, 1.807) is 0 Å². The van der Waals surface area contributed by atoms with Crippen LogP contribution in [0, 0.1) is 0 Å². The average Bonchev–Trinajstić information content (AvgIpc) is 3.29. The Morgan fingerprint density at radius 1 is 1.00 bits per heavy atom. The number of hydrogen-bond donors (Lipinski definition) is 2. The van der Waals surface area contributed by atoms with Crippen molar-refractivity contribution in [2.24, 2.45) is 0 Å². The van der Waals surface area contributed by atoms with Gasteiger partial charge in [0.1, 0.15) is 18.2 Å². The molecule has 0 atom stereocenters. The van der Waals surface area contributed by atoms with Crippen LogP contribution < -0.4 is 15.5 Å². The second kappa shape index (κ2) is 10.1. The summed E-state index contributed by atoms with van der Waals surface area (Å²) >= 11 is 0. The van der Waals surface area contributed by atoms with E-state index in [1.807, 2.05) is 55.6 Å². The van der Waals surface area contributed by atoms with Gasteiger partial charge in [0.25, 0.3) is 0 Å². The van der Waals surface area contributed by atoms with Gasteiger partial charge in [-0.15, -0.1) is 0 Å². The fraction of sp³-hybridized carbons (Fsp3) is 0.286. The van der Waals surface area contributed by atoms with E-state index in [2.05, 4.69) is 38.9 Å². The summed E-state index contributed by atoms with van der Waals surface area (Å²) in [6.07, 6.45) is 0. The maximum atomic E-state index is 6.13. The lowest BCUT2D eigenvalue weighted by Gasteiger charge is -2.26. The molecule has 0 amide bonds. The lowest BCUT2D eigenvalue weighted by molar-refractivity contribution is 0.0322. The van der Waals surface area contributed by atoms with Crippen LogP contribution in [0.1, 0.15) is 5.56 Å². The van der Waals surface area contributed by atoms with Crippen molar-refractivity contribution in [2.45, 2.75) is 6.54 Å². The number of aromatic nitrogens is 2. The number of morpholine rings is 1. The molecular formula is C28H30N6O2. The van der Waals surface area contributed by atoms with Crippen LogP contribution >= 0.6 is 0 Å². The number of anilines is 3. The number of hydrazine groups is 1. The molecule has 0 spiro atoms. The van der Waals surface area contributed by atoms with Crippen LogP contribution in [0.2, 0.25) is 0 Å². The van der Waals surface area contributed by atoms with Gasteiger partial charge < -0.3 is 20.2 Å². The Kier molecular flexibility index (Phi) is 6.38. The van der Waals surface area contributed by atoms with Crippen LogP contribution in [0.25, 0.3) is 22.3 Å². The van der Waals surface area contributed by atoms with E-state index in [4.69, 9.17) is 19.4 Å². The summed E-state index contributed by atoms with van der Waals surface area (Å²) in [5.74, 6) is 2.26. The molecule has 36 heavy (non-hydrogen) atoms. The first kappa shape index (κ1) is 22.7. The highest BCUT2D eigenvalue weighted by molar-refractivity contribution is 5.93. The average molecular weight is 483 g/mol. The summed E-state index contributed by atoms with van der Waals surface area (Å²) in [7, 11) is 2.04. The maximum absolute atomic E-state index is 6.13. The van der Waals surface area contributed by atoms with Crippen molar-refractivity contribution < 1.29 is 9.47 Å². The molecule has 8 nitrogen and oxygen atoms in total. The minimum absolute atomic E-state index is 0.628. The number of benzene rings is 3. The zero-order chi connectivity index (χ0) is 24.3. The van der Waals surface area contributed by atoms with E-state index < -0.39 is 0 Å². The summed E-state index contributed by atoms with van der Waals surface area (Å²) in [4.78, 5) is 12.2. The van der Waals surface area contributed by atoms with Crippen molar-refractivity contribution in [3.8, 4) is 17.1 Å². The zero-order valence-corrected chi connectivity index (χ0v) is 20.4. The largest absolute Gasteiger partial charge is 0.492 e. The van der Waals surface area contributed by atoms with Crippen LogP contribution in [0.3, 0.4) is 0 Å². The molecule has 0 saturated carbocycles. The molecule has 1 aromatic heterocycles. The molecule has 0 radical (unpaired) electrons. The van der Waals surface area contributed by atoms with E-state index in [0.717, 1.165) is 78.8 Å². The molecular weight excluding hydrogens is 452 g/mol. The third kappa shape index (κ3) is 4.97. The molecule has 1 saturated heterocycles. The Labute approximate surface area is 210 Å². The van der Waals surface area contributed by atoms with Crippen LogP contribution in [0.5, 0.6) is 5.75 Å². The lowest BCUT2D eigenvalue weighted by atomic mass is 10.1. The smallest absolute Gasteiger partial charge is 0.162 e. The molecule has 2 aliphatic heterocycles. The van der Waals surface area contributed by atoms with Crippen molar-refractivity contribution in [1.29, 1.82) is 0 Å². The second-order valence-electron chi connectivity index (χ2n) is 9.21. The van der Waals surface area contributed by atoms with Gasteiger partial charge in [-0.25, -0.2) is 15.0 Å². The Morgan fingerprint density at radius 2 is 1.86 bits per heavy atom. The zero-order valence-electron chi connectivity index (χ0n) is 20.4. The molecule has 1 fully saturated rings. The van der Waals surface area contributed by atoms with Crippen molar-refractivity contribution in [3.05, 3.63) is 72.3 Å². The van der Waals surface area contributed by atoms with Crippen molar-refractivity contribution in [2.75, 3.05) is 57.2 Å². The summed E-state index contributed by atoms with van der Waals surface area (Å²) in [6, 6.07) is 22.5. The summed E-state index contributed by atoms with van der Waals surface area (Å²) in [6.45, 7) is 5.86. The normalized spacial score (nSPS) is 16.0. The monoisotopic (exact) mass is 482 g/mol. The number of nitrogens with zero attached hydrogens (tertiary/aromatic N) is 4. The highest BCUT2D eigenvalue weighted by Crippen LogP contribution is 2.32. The van der Waals surface area contributed by atoms with Gasteiger partial charge in [-0.05, 0) is 42.0 Å². The summed E-state index contributed by atoms with van der Waals surface area (Å²) in [5.41, 5.74) is 8.57. The van der Waals surface area contributed by atoms with Gasteiger partial charge in [0.15, 0.2) is 5.82 Å². The first-order valence-corrected chi connectivity index (χ1v) is 12.4. The molecule has 0 bridgehead atoms. The van der Waals surface area contributed by atoms with Gasteiger partial charge in [-0.2, -0.15) is 0 Å². The third-order valence-corrected chi connectivity index (χ3v) is 6.57. The first-order chi connectivity index (χ1) is 17.7. The van der Waals surface area contributed by atoms with Gasteiger partial charge in [0, 0.05) is 49.9 Å². The highest BCUT2D eigenvalue weighted by Gasteiger charge is 2.17. The SMILES string of the molecule is CN1Cc2cc(Nc3nc(-c4ccccc4)nc4ccc(OCCN5CCOCC5)cc34)ccc2N1. The van der Waals surface area contributed by atoms with E-state index in [1.165, 1.54) is 5.56 Å². The number of nitrogens with one attached hydrogen (secondary N) is 2. The highest BCUT2D eigenvalue weighted by atomic mass is 16.5. The fourth-order valence-corrected chi connectivity index (χ4v) is 4.68. The third-order valence-electron chi connectivity index (χ3n) is 6.57. The predicted octanol–water partition coefficient (Wildman–Crippen LogP) is 4.52. The molecule has 8 heteroatoms. The van der Waals surface area contributed by atoms with Crippen LogP contribution in [-0.2, 0) is 11.3 Å². The fourth-order valence-electron chi connectivity index (χ4n) is 4.68. The molecule has 6 rings (SSSR count). The predicted molar refractivity (Wildman–Crippen MR) is 143 cm³/mol. The van der Waals surface area contributed by atoms with E-state index in [0.29, 0.717) is 12.4 Å². The molecule has 2 N–H and O–H groups in total. The van der Waals surface area contributed by atoms with Gasteiger partial charge in [-0.1, -0.05) is 30.3 Å². The molecule has 3 aromatic carbocycles. The molecule has 0 unspecified atom stereocenters. The van der Waals surface area contributed by atoms with Gasteiger partial charge in [0.2, 0.25) is 0 Å². The summed E-state index contributed by atoms with van der Waals surface area (Å²) < 4.78 is 11.6. The standard InChI is InChI=1S/C28H30N6O2/c1-33-19-21-17-22(7-9-25(21)32-33)29-28-24-18-23(36-16-13-34-11-14-35-15-12-34)8-10-26(24)30-27(31-28)20-5-3-2-4-6-20/h2-10,17-18,32H,11-16,19H2,1H3,(H,29,30,31). The Morgan fingerprint density at radius 3 is 2.72 bits per heavy atom. The van der Waals surface area contributed by atoms with Gasteiger partial charge >= 0.3 is 0 Å². The number of fused-ring (bicyclic) bond motifs is 2. The molecule has 4 aromatic rings. The van der Waals surface area contributed by atoms with Crippen LogP contribution in [0.15, 0.2) is 66.7 Å². The quantitative estimate of drug-likeness (QED) is 0.398. The van der Waals surface area contributed by atoms with Gasteiger partial charge in [0.05, 0.1) is 24.4 Å². The van der Waals surface area contributed by atoms with Crippen LogP contribution in [-0.4, -0.2) is 66.4 Å². The van der Waals surface area contributed by atoms with Crippen molar-refractivity contribution >= 4 is 28.1 Å². The minimum atomic E-state index is 0.628. The molecule has 2 aliphatic rings. The number of hydrogen-bond acceptors (Lipinski definition) is 8. The number of ether oxygens (including phenoxy) is 2. The molecule has 3 heterocycles. The molecule has 0 aliphatic carbocycles. The van der Waals surface area contributed by atoms with E-state index in [9.17, 15) is 0 Å². The van der Waals surface area contributed by atoms with E-state index in [-0.39, 0.29) is 0 Å². The van der Waals surface area contributed by atoms with Gasteiger partial charge in [-0.3, -0.25) is 4.90 Å². The number of rotatable bonds is 7. The van der Waals surface area contributed by atoms with E-state index >= 15 is 0 Å². The Bertz CT molecular complexity index is 1360. The topological polar surface area (TPSA) is 74.8 Å². The summed E-state index contributed by atoms with van der Waals surface area (Å²) in [5, 5.41) is 6.56. The lowest BCUT2D eigenvalue weighted by Crippen LogP contribution is -2.38. The Hall–Kier alpha value is -3.72. The first-order valence-electron chi connectivity index (χ1n) is 12.4. The minimum Gasteiger partial charge on any atom is -0.492 e. The molecule has 184 valence electrons. The van der Waals surface area contributed by atoms with Crippen LogP contribution in [0.4, 0.5) is 17.2 Å². The Balaban J connectivity index is 1.30. The van der Waals surface area contributed by atoms with Crippen molar-refractivity contribution in [1.82, 2.24) is 19.9 Å². The maximum Gasteiger partial charge on any atom is 0.162 e. The second-order valence-corrected chi connectivity index (χ2v) is 9.21.